The highest BCUT2D eigenvalue weighted by atomic mass is 35.5. The summed E-state index contributed by atoms with van der Waals surface area (Å²) >= 11 is 11.8. The van der Waals surface area contributed by atoms with Crippen molar-refractivity contribution in [2.75, 3.05) is 0 Å². The predicted octanol–water partition coefficient (Wildman–Crippen LogP) is 3.26. The van der Waals surface area contributed by atoms with Crippen molar-refractivity contribution in [2.45, 2.75) is 19.8 Å². The topological polar surface area (TPSA) is 58.6 Å². The van der Waals surface area contributed by atoms with E-state index in [9.17, 15) is 4.79 Å². The molecule has 0 saturated carbocycles. The van der Waals surface area contributed by atoms with Gasteiger partial charge in [-0.3, -0.25) is 4.79 Å². The summed E-state index contributed by atoms with van der Waals surface area (Å²) in [6.45, 7) is 3.92. The van der Waals surface area contributed by atoms with Crippen molar-refractivity contribution in [3.63, 3.8) is 0 Å². The number of H-pyrrole nitrogens is 1. The molecule has 2 heterocycles. The van der Waals surface area contributed by atoms with Crippen molar-refractivity contribution in [3.05, 3.63) is 44.4 Å². The van der Waals surface area contributed by atoms with Crippen LogP contribution in [0.3, 0.4) is 0 Å². The minimum absolute atomic E-state index is 0.150. The van der Waals surface area contributed by atoms with Crippen molar-refractivity contribution in [2.24, 2.45) is 0 Å². The van der Waals surface area contributed by atoms with Gasteiger partial charge in [0, 0.05) is 12.3 Å². The minimum atomic E-state index is -0.225. The van der Waals surface area contributed by atoms with Crippen LogP contribution >= 0.6 is 23.2 Å². The fourth-order valence-corrected chi connectivity index (χ4v) is 1.94. The van der Waals surface area contributed by atoms with E-state index in [2.05, 4.69) is 15.0 Å². The Labute approximate surface area is 114 Å². The van der Waals surface area contributed by atoms with Gasteiger partial charge in [-0.15, -0.1) is 0 Å². The third-order valence-corrected chi connectivity index (χ3v) is 2.88. The number of aromatic amines is 1. The standard InChI is InChI=1S/C12H11Cl2N3O/c1-6(2)9-4-10(18)17-12(16-9)11-8(14)3-7(13)5-15-11/h3-6H,1-2H3,(H,16,17,18). The van der Waals surface area contributed by atoms with E-state index >= 15 is 0 Å². The van der Waals surface area contributed by atoms with E-state index in [1.54, 1.807) is 6.07 Å². The molecule has 6 heteroatoms. The van der Waals surface area contributed by atoms with Gasteiger partial charge in [-0.2, -0.15) is 0 Å². The van der Waals surface area contributed by atoms with Crippen molar-refractivity contribution < 1.29 is 0 Å². The van der Waals surface area contributed by atoms with E-state index in [-0.39, 0.29) is 11.5 Å². The third kappa shape index (κ3) is 2.71. The maximum Gasteiger partial charge on any atom is 0.251 e. The second kappa shape index (κ2) is 5.08. The number of aromatic nitrogens is 3. The molecule has 0 aliphatic carbocycles. The van der Waals surface area contributed by atoms with Crippen molar-refractivity contribution in [1.29, 1.82) is 0 Å². The molecule has 0 saturated heterocycles. The first kappa shape index (κ1) is 13.1. The molecule has 2 rings (SSSR count). The van der Waals surface area contributed by atoms with Gasteiger partial charge in [-0.1, -0.05) is 37.0 Å². The molecule has 1 N–H and O–H groups in total. The summed E-state index contributed by atoms with van der Waals surface area (Å²) in [6, 6.07) is 3.03. The Balaban J connectivity index is 2.60. The lowest BCUT2D eigenvalue weighted by Gasteiger charge is -2.07. The van der Waals surface area contributed by atoms with E-state index in [0.29, 0.717) is 27.3 Å². The molecule has 0 amide bonds. The average Bonchev–Trinajstić information content (AvgIpc) is 2.27. The molecule has 0 spiro atoms. The second-order valence-corrected chi connectivity index (χ2v) is 5.00. The van der Waals surface area contributed by atoms with Gasteiger partial charge in [-0.25, -0.2) is 9.97 Å². The first-order chi connectivity index (χ1) is 8.47. The fraction of sp³-hybridized carbons (Fsp3) is 0.250. The lowest BCUT2D eigenvalue weighted by atomic mass is 10.1. The largest absolute Gasteiger partial charge is 0.305 e. The first-order valence-corrected chi connectivity index (χ1v) is 6.15. The molecule has 0 unspecified atom stereocenters. The second-order valence-electron chi connectivity index (χ2n) is 4.16. The van der Waals surface area contributed by atoms with Crippen LogP contribution in [0, 0.1) is 0 Å². The molecule has 2 aromatic heterocycles. The highest BCUT2D eigenvalue weighted by Gasteiger charge is 2.11. The molecule has 0 aliphatic heterocycles. The summed E-state index contributed by atoms with van der Waals surface area (Å²) in [4.78, 5) is 22.6. The van der Waals surface area contributed by atoms with Crippen LogP contribution in [0.1, 0.15) is 25.5 Å². The number of nitrogens with one attached hydrogen (secondary N) is 1. The summed E-state index contributed by atoms with van der Waals surface area (Å²) in [5, 5.41) is 0.790. The quantitative estimate of drug-likeness (QED) is 0.920. The van der Waals surface area contributed by atoms with Crippen molar-refractivity contribution in [3.8, 4) is 11.5 Å². The average molecular weight is 284 g/mol. The van der Waals surface area contributed by atoms with E-state index in [1.807, 2.05) is 13.8 Å². The molecule has 0 aliphatic rings. The maximum atomic E-state index is 11.6. The molecule has 18 heavy (non-hydrogen) atoms. The van der Waals surface area contributed by atoms with E-state index in [4.69, 9.17) is 23.2 Å². The number of hydrogen-bond acceptors (Lipinski definition) is 3. The molecule has 0 aromatic carbocycles. The summed E-state index contributed by atoms with van der Waals surface area (Å²) in [6.07, 6.45) is 1.46. The zero-order chi connectivity index (χ0) is 13.3. The lowest BCUT2D eigenvalue weighted by molar-refractivity contribution is 0.811. The van der Waals surface area contributed by atoms with Crippen LogP contribution in [0.25, 0.3) is 11.5 Å². The smallest absolute Gasteiger partial charge is 0.251 e. The molecule has 0 atom stereocenters. The van der Waals surface area contributed by atoms with E-state index in [0.717, 1.165) is 0 Å². The van der Waals surface area contributed by atoms with Crippen LogP contribution in [-0.2, 0) is 0 Å². The van der Waals surface area contributed by atoms with Gasteiger partial charge in [0.1, 0.15) is 5.69 Å². The van der Waals surface area contributed by atoms with Crippen molar-refractivity contribution in [1.82, 2.24) is 15.0 Å². The van der Waals surface area contributed by atoms with Crippen LogP contribution in [0.4, 0.5) is 0 Å². The van der Waals surface area contributed by atoms with Crippen LogP contribution in [0.5, 0.6) is 0 Å². The Morgan fingerprint density at radius 3 is 2.61 bits per heavy atom. The normalized spacial score (nSPS) is 10.9. The molecular weight excluding hydrogens is 273 g/mol. The van der Waals surface area contributed by atoms with Gasteiger partial charge in [-0.05, 0) is 12.0 Å². The molecule has 2 aromatic rings. The van der Waals surface area contributed by atoms with Crippen LogP contribution < -0.4 is 5.56 Å². The highest BCUT2D eigenvalue weighted by molar-refractivity contribution is 6.35. The van der Waals surface area contributed by atoms with Crippen LogP contribution in [-0.4, -0.2) is 15.0 Å². The molecular formula is C12H11Cl2N3O. The van der Waals surface area contributed by atoms with E-state index in [1.165, 1.54) is 12.3 Å². The molecule has 0 bridgehead atoms. The Morgan fingerprint density at radius 1 is 1.28 bits per heavy atom. The van der Waals surface area contributed by atoms with Gasteiger partial charge in [0.15, 0.2) is 5.82 Å². The zero-order valence-electron chi connectivity index (χ0n) is 9.87. The highest BCUT2D eigenvalue weighted by Crippen LogP contribution is 2.25. The molecule has 94 valence electrons. The number of halogens is 2. The van der Waals surface area contributed by atoms with Gasteiger partial charge in [0.2, 0.25) is 0 Å². The van der Waals surface area contributed by atoms with Gasteiger partial charge >= 0.3 is 0 Å². The SMILES string of the molecule is CC(C)c1cc(=O)[nH]c(-c2ncc(Cl)cc2Cl)n1. The Morgan fingerprint density at radius 2 is 2.00 bits per heavy atom. The maximum absolute atomic E-state index is 11.6. The Bertz CT molecular complexity index is 637. The third-order valence-electron chi connectivity index (χ3n) is 2.39. The van der Waals surface area contributed by atoms with Gasteiger partial charge in [0.25, 0.3) is 5.56 Å². The summed E-state index contributed by atoms with van der Waals surface area (Å²) in [5.74, 6) is 0.505. The number of rotatable bonds is 2. The Kier molecular flexibility index (Phi) is 3.68. The molecule has 0 radical (unpaired) electrons. The van der Waals surface area contributed by atoms with Crippen LogP contribution in [0.2, 0.25) is 10.0 Å². The zero-order valence-corrected chi connectivity index (χ0v) is 11.4. The lowest BCUT2D eigenvalue weighted by Crippen LogP contribution is -2.11. The number of pyridine rings is 1. The van der Waals surface area contributed by atoms with Gasteiger partial charge < -0.3 is 4.98 Å². The summed E-state index contributed by atoms with van der Waals surface area (Å²) in [5.41, 5.74) is 0.888. The fourth-order valence-electron chi connectivity index (χ4n) is 1.47. The first-order valence-electron chi connectivity index (χ1n) is 5.40. The summed E-state index contributed by atoms with van der Waals surface area (Å²) in [7, 11) is 0. The number of nitrogens with zero attached hydrogens (tertiary/aromatic N) is 2. The van der Waals surface area contributed by atoms with Gasteiger partial charge in [0.05, 0.1) is 15.7 Å². The summed E-state index contributed by atoms with van der Waals surface area (Å²) < 4.78 is 0. The predicted molar refractivity (Wildman–Crippen MR) is 72.2 cm³/mol. The molecule has 0 fully saturated rings. The number of hydrogen-bond donors (Lipinski definition) is 1. The molecule has 4 nitrogen and oxygen atoms in total. The van der Waals surface area contributed by atoms with Crippen molar-refractivity contribution >= 4 is 23.2 Å². The minimum Gasteiger partial charge on any atom is -0.305 e. The van der Waals surface area contributed by atoms with E-state index < -0.39 is 0 Å². The van der Waals surface area contributed by atoms with Crippen LogP contribution in [0.15, 0.2) is 23.1 Å². The monoisotopic (exact) mass is 283 g/mol. The Hall–Kier alpha value is -1.39.